The standard InChI is InChI=1S/C6H9F2N.C2H2O4/c7-6(8)3-5(4-6)1-2-9-5;3-1(4)2(5)6/h9H,1-4H2;(H,3,4)(H,5,6). The lowest BCUT2D eigenvalue weighted by molar-refractivity contribution is -0.159. The third kappa shape index (κ3) is 2.85. The lowest BCUT2D eigenvalue weighted by Crippen LogP contribution is -2.68. The summed E-state index contributed by atoms with van der Waals surface area (Å²) in [5.74, 6) is -6.00. The average molecular weight is 223 g/mol. The Kier molecular flexibility index (Phi) is 2.94. The van der Waals surface area contributed by atoms with Gasteiger partial charge in [0, 0.05) is 18.4 Å². The number of aliphatic carboxylic acids is 2. The molecule has 1 saturated carbocycles. The van der Waals surface area contributed by atoms with E-state index in [2.05, 4.69) is 5.32 Å². The van der Waals surface area contributed by atoms with Crippen LogP contribution in [0.4, 0.5) is 8.78 Å². The van der Waals surface area contributed by atoms with Crippen molar-refractivity contribution >= 4 is 11.9 Å². The smallest absolute Gasteiger partial charge is 0.414 e. The van der Waals surface area contributed by atoms with Gasteiger partial charge in [-0.3, -0.25) is 0 Å². The van der Waals surface area contributed by atoms with Crippen LogP contribution in [0.2, 0.25) is 0 Å². The molecule has 0 radical (unpaired) electrons. The number of carboxylic acids is 2. The topological polar surface area (TPSA) is 86.6 Å². The number of rotatable bonds is 0. The highest BCUT2D eigenvalue weighted by atomic mass is 19.3. The van der Waals surface area contributed by atoms with Crippen molar-refractivity contribution in [3.05, 3.63) is 0 Å². The van der Waals surface area contributed by atoms with Gasteiger partial charge in [0.2, 0.25) is 0 Å². The largest absolute Gasteiger partial charge is 0.473 e. The first-order valence-corrected chi connectivity index (χ1v) is 4.35. The molecule has 0 unspecified atom stereocenters. The third-order valence-electron chi connectivity index (χ3n) is 2.48. The van der Waals surface area contributed by atoms with Crippen LogP contribution in [0, 0.1) is 0 Å². The minimum absolute atomic E-state index is 0.0694. The highest BCUT2D eigenvalue weighted by Gasteiger charge is 2.58. The van der Waals surface area contributed by atoms with Crippen molar-refractivity contribution in [1.29, 1.82) is 0 Å². The average Bonchev–Trinajstić information content (AvgIpc) is 1.97. The number of carbonyl (C=O) groups is 2. The van der Waals surface area contributed by atoms with Crippen LogP contribution in [0.15, 0.2) is 0 Å². The van der Waals surface area contributed by atoms with Crippen LogP contribution in [0.25, 0.3) is 0 Å². The summed E-state index contributed by atoms with van der Waals surface area (Å²) >= 11 is 0. The van der Waals surface area contributed by atoms with Gasteiger partial charge >= 0.3 is 11.9 Å². The fraction of sp³-hybridized carbons (Fsp3) is 0.750. The molecule has 1 heterocycles. The van der Waals surface area contributed by atoms with E-state index in [1.54, 1.807) is 0 Å². The Bertz CT molecular complexity index is 266. The van der Waals surface area contributed by atoms with Crippen molar-refractivity contribution in [2.75, 3.05) is 6.54 Å². The Labute approximate surface area is 84.1 Å². The molecule has 2 aliphatic rings. The quantitative estimate of drug-likeness (QED) is 0.514. The van der Waals surface area contributed by atoms with E-state index in [0.29, 0.717) is 0 Å². The second-order valence-electron chi connectivity index (χ2n) is 3.78. The van der Waals surface area contributed by atoms with E-state index in [9.17, 15) is 8.78 Å². The zero-order chi connectivity index (χ0) is 11.7. The Balaban J connectivity index is 0.000000167. The number of alkyl halides is 2. The molecule has 1 aliphatic carbocycles. The molecule has 3 N–H and O–H groups in total. The molecule has 7 heteroatoms. The second kappa shape index (κ2) is 3.73. The molecule has 0 atom stereocenters. The van der Waals surface area contributed by atoms with E-state index in [1.165, 1.54) is 0 Å². The summed E-state index contributed by atoms with van der Waals surface area (Å²) in [4.78, 5) is 18.2. The molecule has 15 heavy (non-hydrogen) atoms. The molecule has 0 aromatic heterocycles. The van der Waals surface area contributed by atoms with Crippen molar-refractivity contribution in [2.24, 2.45) is 0 Å². The summed E-state index contributed by atoms with van der Waals surface area (Å²) < 4.78 is 24.4. The van der Waals surface area contributed by atoms with Gasteiger partial charge in [0.05, 0.1) is 0 Å². The van der Waals surface area contributed by atoms with E-state index < -0.39 is 17.9 Å². The van der Waals surface area contributed by atoms with Crippen molar-refractivity contribution in [3.8, 4) is 0 Å². The molecule has 0 amide bonds. The fourth-order valence-electron chi connectivity index (χ4n) is 1.72. The minimum atomic E-state index is -2.35. The van der Waals surface area contributed by atoms with Crippen molar-refractivity contribution in [3.63, 3.8) is 0 Å². The van der Waals surface area contributed by atoms with Crippen LogP contribution in [-0.4, -0.2) is 40.2 Å². The molecule has 0 bridgehead atoms. The lowest BCUT2D eigenvalue weighted by Gasteiger charge is -2.54. The van der Waals surface area contributed by atoms with Crippen LogP contribution in [0.1, 0.15) is 19.3 Å². The summed E-state index contributed by atoms with van der Waals surface area (Å²) in [7, 11) is 0. The molecule has 5 nitrogen and oxygen atoms in total. The normalized spacial score (nSPS) is 24.1. The van der Waals surface area contributed by atoms with Crippen LogP contribution < -0.4 is 5.32 Å². The number of carboxylic acid groups (broad SMARTS) is 2. The van der Waals surface area contributed by atoms with Gasteiger partial charge in [-0.05, 0) is 13.0 Å². The highest BCUT2D eigenvalue weighted by molar-refractivity contribution is 6.27. The number of halogens is 2. The van der Waals surface area contributed by atoms with E-state index in [0.717, 1.165) is 13.0 Å². The Morgan fingerprint density at radius 3 is 1.60 bits per heavy atom. The van der Waals surface area contributed by atoms with Crippen LogP contribution >= 0.6 is 0 Å². The zero-order valence-electron chi connectivity index (χ0n) is 7.80. The summed E-state index contributed by atoms with van der Waals surface area (Å²) in [6.45, 7) is 0.927. The first-order valence-electron chi connectivity index (χ1n) is 4.35. The number of nitrogens with one attached hydrogen (secondary N) is 1. The molecular formula is C8H11F2NO4. The van der Waals surface area contributed by atoms with Gasteiger partial charge in [0.25, 0.3) is 5.92 Å². The predicted octanol–water partition coefficient (Wildman–Crippen LogP) is 0.303. The maximum atomic E-state index is 12.2. The first-order chi connectivity index (χ1) is 6.76. The minimum Gasteiger partial charge on any atom is -0.473 e. The molecule has 2 rings (SSSR count). The lowest BCUT2D eigenvalue weighted by atomic mass is 9.67. The molecule has 86 valence electrons. The van der Waals surface area contributed by atoms with E-state index >= 15 is 0 Å². The number of hydrogen-bond acceptors (Lipinski definition) is 3. The first kappa shape index (κ1) is 11.8. The van der Waals surface area contributed by atoms with E-state index in [-0.39, 0.29) is 18.4 Å². The van der Waals surface area contributed by atoms with Gasteiger partial charge in [0.1, 0.15) is 0 Å². The van der Waals surface area contributed by atoms with Gasteiger partial charge in [-0.2, -0.15) is 0 Å². The Morgan fingerprint density at radius 2 is 1.53 bits per heavy atom. The van der Waals surface area contributed by atoms with Crippen LogP contribution in [-0.2, 0) is 9.59 Å². The van der Waals surface area contributed by atoms with Gasteiger partial charge in [0.15, 0.2) is 0 Å². The fourth-order valence-corrected chi connectivity index (χ4v) is 1.72. The summed E-state index contributed by atoms with van der Waals surface area (Å²) in [5, 5.41) is 17.8. The predicted molar refractivity (Wildman–Crippen MR) is 44.8 cm³/mol. The maximum Gasteiger partial charge on any atom is 0.414 e. The summed E-state index contributed by atoms with van der Waals surface area (Å²) in [6, 6.07) is 0. The molecule has 1 spiro atoms. The SMILES string of the molecule is FC1(F)CC2(CCN2)C1.O=C(O)C(=O)O. The van der Waals surface area contributed by atoms with Crippen molar-refractivity contribution < 1.29 is 28.6 Å². The van der Waals surface area contributed by atoms with E-state index in [1.807, 2.05) is 0 Å². The van der Waals surface area contributed by atoms with Gasteiger partial charge in [-0.15, -0.1) is 0 Å². The zero-order valence-corrected chi connectivity index (χ0v) is 7.80. The van der Waals surface area contributed by atoms with Crippen molar-refractivity contribution in [1.82, 2.24) is 5.32 Å². The number of hydrogen-bond donors (Lipinski definition) is 3. The van der Waals surface area contributed by atoms with Gasteiger partial charge in [-0.25, -0.2) is 18.4 Å². The molecular weight excluding hydrogens is 212 g/mol. The third-order valence-corrected chi connectivity index (χ3v) is 2.48. The molecule has 0 aromatic rings. The Morgan fingerprint density at radius 1 is 1.13 bits per heavy atom. The Hall–Kier alpha value is -1.24. The maximum absolute atomic E-state index is 12.2. The molecule has 0 aromatic carbocycles. The van der Waals surface area contributed by atoms with Gasteiger partial charge in [-0.1, -0.05) is 0 Å². The molecule has 2 fully saturated rings. The van der Waals surface area contributed by atoms with E-state index in [4.69, 9.17) is 19.8 Å². The summed E-state index contributed by atoms with van der Waals surface area (Å²) in [6.07, 6.45) is 1.09. The molecule has 1 aliphatic heterocycles. The highest BCUT2D eigenvalue weighted by Crippen LogP contribution is 2.50. The molecule has 1 saturated heterocycles. The summed E-state index contributed by atoms with van der Waals surface area (Å²) in [5.41, 5.74) is -0.122. The monoisotopic (exact) mass is 223 g/mol. The van der Waals surface area contributed by atoms with Crippen LogP contribution in [0.5, 0.6) is 0 Å². The van der Waals surface area contributed by atoms with Crippen molar-refractivity contribution in [2.45, 2.75) is 30.7 Å². The second-order valence-corrected chi connectivity index (χ2v) is 3.78. The van der Waals surface area contributed by atoms with Gasteiger partial charge < -0.3 is 15.5 Å². The van der Waals surface area contributed by atoms with Crippen LogP contribution in [0.3, 0.4) is 0 Å².